The van der Waals surface area contributed by atoms with Gasteiger partial charge in [0.1, 0.15) is 0 Å². The molecule has 82 valence electrons. The lowest BCUT2D eigenvalue weighted by molar-refractivity contribution is 0.262. The third-order valence-electron chi connectivity index (χ3n) is 3.11. The van der Waals surface area contributed by atoms with Crippen molar-refractivity contribution in [1.82, 2.24) is 4.90 Å². The van der Waals surface area contributed by atoms with Gasteiger partial charge in [-0.25, -0.2) is 0 Å². The van der Waals surface area contributed by atoms with Crippen LogP contribution in [0.5, 0.6) is 0 Å². The first-order valence-corrected chi connectivity index (χ1v) is 5.80. The smallest absolute Gasteiger partial charge is 0.0239 e. The first-order chi connectivity index (χ1) is 7.31. The molecule has 0 amide bonds. The second-order valence-corrected chi connectivity index (χ2v) is 4.42. The first-order valence-electron chi connectivity index (χ1n) is 5.80. The van der Waals surface area contributed by atoms with Gasteiger partial charge in [0.15, 0.2) is 0 Å². The predicted molar refractivity (Wildman–Crippen MR) is 63.7 cm³/mol. The van der Waals surface area contributed by atoms with E-state index >= 15 is 0 Å². The van der Waals surface area contributed by atoms with Crippen LogP contribution in [0.1, 0.15) is 24.0 Å². The van der Waals surface area contributed by atoms with E-state index in [1.807, 2.05) is 0 Å². The minimum absolute atomic E-state index is 0.766. The number of hydrogen-bond donors (Lipinski definition) is 1. The van der Waals surface area contributed by atoms with E-state index < -0.39 is 0 Å². The van der Waals surface area contributed by atoms with Crippen LogP contribution in [0.4, 0.5) is 0 Å². The van der Waals surface area contributed by atoms with E-state index in [1.165, 1.54) is 24.0 Å². The monoisotopic (exact) mass is 204 g/mol. The summed E-state index contributed by atoms with van der Waals surface area (Å²) in [5.41, 5.74) is 8.48. The van der Waals surface area contributed by atoms with Gasteiger partial charge in [0.05, 0.1) is 0 Å². The number of aryl methyl sites for hydroxylation is 1. The second-order valence-electron chi connectivity index (χ2n) is 4.42. The summed E-state index contributed by atoms with van der Waals surface area (Å²) in [4.78, 5) is 2.52. The second kappa shape index (κ2) is 4.77. The molecule has 0 radical (unpaired) electrons. The highest BCUT2D eigenvalue weighted by atomic mass is 15.2. The van der Waals surface area contributed by atoms with Crippen molar-refractivity contribution in [3.05, 3.63) is 35.4 Å². The van der Waals surface area contributed by atoms with Crippen LogP contribution >= 0.6 is 0 Å². The minimum Gasteiger partial charge on any atom is -0.329 e. The standard InChI is InChI=1S/C13H20N2/c1-11-4-2-3-5-12(11)10-15(9-8-14)13-6-7-13/h2-5,13H,6-10,14H2,1H3. The third kappa shape index (κ3) is 2.80. The average molecular weight is 204 g/mol. The Hall–Kier alpha value is -0.860. The highest BCUT2D eigenvalue weighted by Gasteiger charge is 2.28. The van der Waals surface area contributed by atoms with E-state index in [2.05, 4.69) is 36.1 Å². The van der Waals surface area contributed by atoms with Crippen molar-refractivity contribution in [2.24, 2.45) is 5.73 Å². The lowest BCUT2D eigenvalue weighted by Crippen LogP contribution is -2.31. The maximum Gasteiger partial charge on any atom is 0.0239 e. The van der Waals surface area contributed by atoms with Crippen molar-refractivity contribution in [3.8, 4) is 0 Å². The lowest BCUT2D eigenvalue weighted by atomic mass is 10.1. The van der Waals surface area contributed by atoms with Gasteiger partial charge in [-0.3, -0.25) is 4.90 Å². The van der Waals surface area contributed by atoms with Gasteiger partial charge in [0, 0.05) is 25.7 Å². The molecule has 0 saturated heterocycles. The third-order valence-corrected chi connectivity index (χ3v) is 3.11. The molecular weight excluding hydrogens is 184 g/mol. The zero-order valence-electron chi connectivity index (χ0n) is 9.45. The highest BCUT2D eigenvalue weighted by molar-refractivity contribution is 5.25. The molecule has 1 fully saturated rings. The van der Waals surface area contributed by atoms with Gasteiger partial charge in [-0.2, -0.15) is 0 Å². The topological polar surface area (TPSA) is 29.3 Å². The number of benzene rings is 1. The van der Waals surface area contributed by atoms with Crippen molar-refractivity contribution in [2.75, 3.05) is 13.1 Å². The Morgan fingerprint density at radius 3 is 2.67 bits per heavy atom. The predicted octanol–water partition coefficient (Wildman–Crippen LogP) is 1.92. The van der Waals surface area contributed by atoms with Gasteiger partial charge < -0.3 is 5.73 Å². The van der Waals surface area contributed by atoms with Crippen LogP contribution in [-0.4, -0.2) is 24.0 Å². The van der Waals surface area contributed by atoms with E-state index in [4.69, 9.17) is 5.73 Å². The minimum atomic E-state index is 0.766. The summed E-state index contributed by atoms with van der Waals surface area (Å²) in [6.45, 7) is 5.04. The molecule has 1 aromatic rings. The van der Waals surface area contributed by atoms with Gasteiger partial charge in [-0.15, -0.1) is 0 Å². The Labute approximate surface area is 92.1 Å². The van der Waals surface area contributed by atoms with Gasteiger partial charge in [-0.05, 0) is 30.9 Å². The largest absolute Gasteiger partial charge is 0.329 e. The number of hydrogen-bond acceptors (Lipinski definition) is 2. The van der Waals surface area contributed by atoms with E-state index in [-0.39, 0.29) is 0 Å². The fourth-order valence-electron chi connectivity index (χ4n) is 2.00. The van der Waals surface area contributed by atoms with Gasteiger partial charge in [0.25, 0.3) is 0 Å². The molecule has 0 aliphatic heterocycles. The molecule has 0 spiro atoms. The number of nitrogens with zero attached hydrogens (tertiary/aromatic N) is 1. The molecule has 2 N–H and O–H groups in total. The summed E-state index contributed by atoms with van der Waals surface area (Å²) < 4.78 is 0. The molecular formula is C13H20N2. The average Bonchev–Trinajstić information content (AvgIpc) is 3.04. The fourth-order valence-corrected chi connectivity index (χ4v) is 2.00. The molecule has 0 bridgehead atoms. The highest BCUT2D eigenvalue weighted by Crippen LogP contribution is 2.28. The molecule has 1 aliphatic carbocycles. The molecule has 0 aromatic heterocycles. The Bertz CT molecular complexity index is 318. The Kier molecular flexibility index (Phi) is 3.39. The van der Waals surface area contributed by atoms with Crippen LogP contribution in [0.3, 0.4) is 0 Å². The van der Waals surface area contributed by atoms with Crippen LogP contribution in [0, 0.1) is 6.92 Å². The summed E-state index contributed by atoms with van der Waals surface area (Å²) in [5.74, 6) is 0. The molecule has 1 aromatic carbocycles. The molecule has 2 rings (SSSR count). The summed E-state index contributed by atoms with van der Waals surface area (Å²) >= 11 is 0. The van der Waals surface area contributed by atoms with Gasteiger partial charge >= 0.3 is 0 Å². The normalized spacial score (nSPS) is 15.9. The van der Waals surface area contributed by atoms with E-state index in [1.54, 1.807) is 0 Å². The molecule has 0 atom stereocenters. The van der Waals surface area contributed by atoms with Crippen molar-refractivity contribution < 1.29 is 0 Å². The van der Waals surface area contributed by atoms with Crippen LogP contribution in [-0.2, 0) is 6.54 Å². The Morgan fingerprint density at radius 1 is 1.33 bits per heavy atom. The zero-order valence-corrected chi connectivity index (χ0v) is 9.45. The van der Waals surface area contributed by atoms with Crippen molar-refractivity contribution in [2.45, 2.75) is 32.4 Å². The number of nitrogens with two attached hydrogens (primary N) is 1. The van der Waals surface area contributed by atoms with Crippen LogP contribution in [0.25, 0.3) is 0 Å². The maximum atomic E-state index is 5.65. The van der Waals surface area contributed by atoms with Crippen LogP contribution in [0.15, 0.2) is 24.3 Å². The molecule has 2 heteroatoms. The van der Waals surface area contributed by atoms with Crippen LogP contribution in [0.2, 0.25) is 0 Å². The molecule has 0 heterocycles. The van der Waals surface area contributed by atoms with Gasteiger partial charge in [0.2, 0.25) is 0 Å². The summed E-state index contributed by atoms with van der Waals surface area (Å²) in [7, 11) is 0. The zero-order chi connectivity index (χ0) is 10.7. The fraction of sp³-hybridized carbons (Fsp3) is 0.538. The van der Waals surface area contributed by atoms with Crippen LogP contribution < -0.4 is 5.73 Å². The summed E-state index contributed by atoms with van der Waals surface area (Å²) in [6, 6.07) is 9.43. The number of rotatable bonds is 5. The van der Waals surface area contributed by atoms with Crippen molar-refractivity contribution in [3.63, 3.8) is 0 Å². The first kappa shape index (κ1) is 10.7. The Balaban J connectivity index is 2.02. The molecule has 0 unspecified atom stereocenters. The van der Waals surface area contributed by atoms with E-state index in [9.17, 15) is 0 Å². The lowest BCUT2D eigenvalue weighted by Gasteiger charge is -2.22. The molecule has 1 aliphatic rings. The maximum absolute atomic E-state index is 5.65. The quantitative estimate of drug-likeness (QED) is 0.794. The van der Waals surface area contributed by atoms with Crippen molar-refractivity contribution >= 4 is 0 Å². The van der Waals surface area contributed by atoms with E-state index in [0.29, 0.717) is 0 Å². The molecule has 2 nitrogen and oxygen atoms in total. The SMILES string of the molecule is Cc1ccccc1CN(CCN)C1CC1. The Morgan fingerprint density at radius 2 is 2.07 bits per heavy atom. The summed E-state index contributed by atoms with van der Waals surface area (Å²) in [6.07, 6.45) is 2.71. The van der Waals surface area contributed by atoms with Crippen molar-refractivity contribution in [1.29, 1.82) is 0 Å². The molecule has 1 saturated carbocycles. The van der Waals surface area contributed by atoms with E-state index in [0.717, 1.165) is 25.7 Å². The summed E-state index contributed by atoms with van der Waals surface area (Å²) in [5, 5.41) is 0. The molecule has 15 heavy (non-hydrogen) atoms. The van der Waals surface area contributed by atoms with Gasteiger partial charge in [-0.1, -0.05) is 24.3 Å².